The number of carbonyl (C=O) groups excluding carboxylic acids is 1. The summed E-state index contributed by atoms with van der Waals surface area (Å²) in [5.41, 5.74) is 1.90. The van der Waals surface area contributed by atoms with Crippen molar-refractivity contribution in [3.8, 4) is 17.2 Å². The number of hydrogen-bond acceptors (Lipinski definition) is 6. The topological polar surface area (TPSA) is 94.2 Å². The van der Waals surface area contributed by atoms with Gasteiger partial charge in [0.05, 0.1) is 32.7 Å². The summed E-state index contributed by atoms with van der Waals surface area (Å²) >= 11 is 0. The second kappa shape index (κ2) is 11.6. The number of amides is 1. The lowest BCUT2D eigenvalue weighted by atomic mass is 10.2. The van der Waals surface area contributed by atoms with E-state index in [9.17, 15) is 17.6 Å². The molecule has 0 aliphatic rings. The number of hydrogen-bond donors (Lipinski definition) is 1. The zero-order valence-corrected chi connectivity index (χ0v) is 20.5. The summed E-state index contributed by atoms with van der Waals surface area (Å²) in [5, 5.41) is 2.76. The summed E-state index contributed by atoms with van der Waals surface area (Å²) in [6, 6.07) is 17.3. The molecule has 0 unspecified atom stereocenters. The molecule has 10 heteroatoms. The minimum absolute atomic E-state index is 0.0534. The van der Waals surface area contributed by atoms with Crippen LogP contribution >= 0.6 is 0 Å². The molecule has 0 aromatic heterocycles. The van der Waals surface area contributed by atoms with Crippen LogP contribution < -0.4 is 23.8 Å². The van der Waals surface area contributed by atoms with Crippen LogP contribution in [0.15, 0.2) is 66.7 Å². The molecule has 0 spiro atoms. The Balaban J connectivity index is 1.57. The molecule has 0 fully saturated rings. The maximum absolute atomic E-state index is 13.2. The Kier molecular flexibility index (Phi) is 8.53. The molecule has 35 heavy (non-hydrogen) atoms. The van der Waals surface area contributed by atoms with Gasteiger partial charge in [0.1, 0.15) is 11.6 Å². The molecule has 0 aliphatic carbocycles. The smallest absolute Gasteiger partial charge is 0.258 e. The number of methoxy groups -OCH3 is 2. The Morgan fingerprint density at radius 2 is 1.54 bits per heavy atom. The largest absolute Gasteiger partial charge is 0.493 e. The van der Waals surface area contributed by atoms with Gasteiger partial charge >= 0.3 is 0 Å². The van der Waals surface area contributed by atoms with Crippen molar-refractivity contribution >= 4 is 21.6 Å². The van der Waals surface area contributed by atoms with Gasteiger partial charge in [-0.15, -0.1) is 0 Å². The fourth-order valence-corrected chi connectivity index (χ4v) is 4.14. The molecule has 1 N–H and O–H groups in total. The molecular formula is C25H27FN2O6S. The van der Waals surface area contributed by atoms with E-state index in [4.69, 9.17) is 14.2 Å². The highest BCUT2D eigenvalue weighted by Gasteiger charge is 2.18. The molecule has 8 nitrogen and oxygen atoms in total. The van der Waals surface area contributed by atoms with E-state index in [0.29, 0.717) is 28.5 Å². The first-order valence-corrected chi connectivity index (χ1v) is 12.5. The standard InChI is InChI=1S/C25H27FN2O6S/c1-32-23-13-6-19(14-24(23)33-2)15-27-25(29)17-34-22-11-9-21(10-12-22)28(35(3,30)31)16-18-4-7-20(26)8-5-18/h4-14H,15-17H2,1-3H3,(H,27,29). The number of anilines is 1. The fourth-order valence-electron chi connectivity index (χ4n) is 3.26. The molecule has 0 heterocycles. The van der Waals surface area contributed by atoms with Crippen molar-refractivity contribution in [1.82, 2.24) is 5.32 Å². The van der Waals surface area contributed by atoms with Gasteiger partial charge in [-0.2, -0.15) is 0 Å². The van der Waals surface area contributed by atoms with Crippen molar-refractivity contribution < 1.29 is 31.8 Å². The first-order valence-electron chi connectivity index (χ1n) is 10.6. The van der Waals surface area contributed by atoms with Crippen molar-refractivity contribution in [3.05, 3.63) is 83.7 Å². The first-order chi connectivity index (χ1) is 16.7. The minimum Gasteiger partial charge on any atom is -0.493 e. The molecular weight excluding hydrogens is 475 g/mol. The highest BCUT2D eigenvalue weighted by Crippen LogP contribution is 2.27. The Morgan fingerprint density at radius 1 is 0.914 bits per heavy atom. The molecule has 0 saturated heterocycles. The van der Waals surface area contributed by atoms with E-state index < -0.39 is 15.8 Å². The van der Waals surface area contributed by atoms with Crippen LogP contribution in [0.1, 0.15) is 11.1 Å². The molecule has 3 aromatic carbocycles. The molecule has 0 saturated carbocycles. The summed E-state index contributed by atoms with van der Waals surface area (Å²) in [7, 11) is -0.502. The summed E-state index contributed by atoms with van der Waals surface area (Å²) in [6.07, 6.45) is 1.10. The number of ether oxygens (including phenoxy) is 3. The Labute approximate surface area is 204 Å². The zero-order chi connectivity index (χ0) is 25.4. The van der Waals surface area contributed by atoms with Crippen molar-refractivity contribution in [2.45, 2.75) is 13.1 Å². The summed E-state index contributed by atoms with van der Waals surface area (Å²) in [5.74, 6) is 0.858. The van der Waals surface area contributed by atoms with Crippen molar-refractivity contribution in [2.24, 2.45) is 0 Å². The van der Waals surface area contributed by atoms with Gasteiger partial charge < -0.3 is 19.5 Å². The predicted molar refractivity (Wildman–Crippen MR) is 131 cm³/mol. The van der Waals surface area contributed by atoms with Crippen LogP contribution in [-0.2, 0) is 27.9 Å². The van der Waals surface area contributed by atoms with E-state index in [-0.39, 0.29) is 25.6 Å². The van der Waals surface area contributed by atoms with Gasteiger partial charge in [-0.3, -0.25) is 9.10 Å². The normalized spacial score (nSPS) is 11.0. The fraction of sp³-hybridized carbons (Fsp3) is 0.240. The van der Waals surface area contributed by atoms with E-state index in [1.807, 2.05) is 6.07 Å². The zero-order valence-electron chi connectivity index (χ0n) is 19.7. The number of halogens is 1. The minimum atomic E-state index is -3.59. The van der Waals surface area contributed by atoms with Gasteiger partial charge in [0.2, 0.25) is 10.0 Å². The van der Waals surface area contributed by atoms with E-state index in [1.165, 1.54) is 35.7 Å². The number of rotatable bonds is 11. The number of benzene rings is 3. The summed E-state index contributed by atoms with van der Waals surface area (Å²) < 4.78 is 55.0. The van der Waals surface area contributed by atoms with Crippen LogP contribution in [0.25, 0.3) is 0 Å². The van der Waals surface area contributed by atoms with Crippen LogP contribution in [0.4, 0.5) is 10.1 Å². The van der Waals surface area contributed by atoms with E-state index in [2.05, 4.69) is 5.32 Å². The Morgan fingerprint density at radius 3 is 2.14 bits per heavy atom. The SMILES string of the molecule is COc1ccc(CNC(=O)COc2ccc(N(Cc3ccc(F)cc3)S(C)(=O)=O)cc2)cc1OC. The molecule has 0 atom stereocenters. The number of nitrogens with one attached hydrogen (secondary N) is 1. The summed E-state index contributed by atoms with van der Waals surface area (Å²) in [6.45, 7) is 0.129. The third-order valence-corrected chi connectivity index (χ3v) is 6.21. The number of carbonyl (C=O) groups is 1. The quantitative estimate of drug-likeness (QED) is 0.431. The van der Waals surface area contributed by atoms with Crippen molar-refractivity contribution in [2.75, 3.05) is 31.4 Å². The van der Waals surface area contributed by atoms with Crippen LogP contribution in [0.2, 0.25) is 0 Å². The van der Waals surface area contributed by atoms with Gasteiger partial charge in [0, 0.05) is 6.54 Å². The number of sulfonamides is 1. The van der Waals surface area contributed by atoms with Crippen LogP contribution in [0.3, 0.4) is 0 Å². The third kappa shape index (κ3) is 7.35. The van der Waals surface area contributed by atoms with Crippen molar-refractivity contribution in [3.63, 3.8) is 0 Å². The van der Waals surface area contributed by atoms with E-state index >= 15 is 0 Å². The lowest BCUT2D eigenvalue weighted by Gasteiger charge is -2.22. The third-order valence-electron chi connectivity index (χ3n) is 5.07. The maximum atomic E-state index is 13.2. The molecule has 0 bridgehead atoms. The summed E-state index contributed by atoms with van der Waals surface area (Å²) in [4.78, 5) is 12.2. The first kappa shape index (κ1) is 25.8. The van der Waals surface area contributed by atoms with Crippen LogP contribution in [0.5, 0.6) is 17.2 Å². The lowest BCUT2D eigenvalue weighted by Crippen LogP contribution is -2.29. The van der Waals surface area contributed by atoms with E-state index in [0.717, 1.165) is 11.8 Å². The van der Waals surface area contributed by atoms with Gasteiger partial charge in [0.25, 0.3) is 5.91 Å². The monoisotopic (exact) mass is 502 g/mol. The Bertz CT molecular complexity index is 1250. The maximum Gasteiger partial charge on any atom is 0.258 e. The molecule has 0 radical (unpaired) electrons. The van der Waals surface area contributed by atoms with Crippen molar-refractivity contribution in [1.29, 1.82) is 0 Å². The molecule has 186 valence electrons. The molecule has 3 rings (SSSR count). The van der Waals surface area contributed by atoms with Gasteiger partial charge in [-0.1, -0.05) is 18.2 Å². The van der Waals surface area contributed by atoms with Crippen LogP contribution in [0, 0.1) is 5.82 Å². The molecule has 1 amide bonds. The second-order valence-corrected chi connectivity index (χ2v) is 9.55. The van der Waals surface area contributed by atoms with Gasteiger partial charge in [-0.05, 0) is 59.7 Å². The van der Waals surface area contributed by atoms with Crippen LogP contribution in [-0.4, -0.2) is 41.4 Å². The molecule has 0 aliphatic heterocycles. The number of nitrogens with zero attached hydrogens (tertiary/aromatic N) is 1. The van der Waals surface area contributed by atoms with Gasteiger partial charge in [0.15, 0.2) is 18.1 Å². The average Bonchev–Trinajstić information content (AvgIpc) is 2.85. The van der Waals surface area contributed by atoms with E-state index in [1.54, 1.807) is 43.5 Å². The second-order valence-electron chi connectivity index (χ2n) is 7.64. The molecule has 3 aromatic rings. The van der Waals surface area contributed by atoms with Gasteiger partial charge in [-0.25, -0.2) is 12.8 Å². The highest BCUT2D eigenvalue weighted by molar-refractivity contribution is 7.92. The average molecular weight is 503 g/mol. The highest BCUT2D eigenvalue weighted by atomic mass is 32.2. The lowest BCUT2D eigenvalue weighted by molar-refractivity contribution is -0.123. The predicted octanol–water partition coefficient (Wildman–Crippen LogP) is 3.50. The Hall–Kier alpha value is -3.79.